The van der Waals surface area contributed by atoms with Gasteiger partial charge in [0.2, 0.25) is 11.9 Å². The fourth-order valence-corrected chi connectivity index (χ4v) is 3.04. The molecule has 0 radical (unpaired) electrons. The number of benzene rings is 1. The molecule has 0 bridgehead atoms. The number of nitrogens with zero attached hydrogens (tertiary/aromatic N) is 6. The Morgan fingerprint density at radius 3 is 2.21 bits per heavy atom. The predicted octanol–water partition coefficient (Wildman–Crippen LogP) is 2.63. The van der Waals surface area contributed by atoms with Gasteiger partial charge in [0, 0.05) is 61.7 Å². The van der Waals surface area contributed by atoms with Crippen LogP contribution in [0.5, 0.6) is 0 Å². The smallest absolute Gasteiger partial charge is 0.257 e. The predicted molar refractivity (Wildman–Crippen MR) is 107 cm³/mol. The van der Waals surface area contributed by atoms with Crippen molar-refractivity contribution in [3.63, 3.8) is 0 Å². The third-order valence-electron chi connectivity index (χ3n) is 4.40. The molecule has 1 aliphatic rings. The van der Waals surface area contributed by atoms with E-state index in [0.717, 1.165) is 5.69 Å². The number of hydrogen-bond acceptors (Lipinski definition) is 7. The van der Waals surface area contributed by atoms with Gasteiger partial charge in [0.15, 0.2) is 0 Å². The first kappa shape index (κ1) is 18.1. The zero-order valence-corrected chi connectivity index (χ0v) is 15.8. The molecule has 1 fully saturated rings. The van der Waals surface area contributed by atoms with E-state index in [9.17, 15) is 4.79 Å². The Morgan fingerprint density at radius 1 is 0.929 bits per heavy atom. The van der Waals surface area contributed by atoms with Crippen molar-refractivity contribution in [3.8, 4) is 0 Å². The summed E-state index contributed by atoms with van der Waals surface area (Å²) in [5.41, 5.74) is 1.29. The minimum Gasteiger partial charge on any atom is -0.337 e. The van der Waals surface area contributed by atoms with Crippen LogP contribution in [-0.4, -0.2) is 56.9 Å². The molecule has 1 N–H and O–H groups in total. The molecule has 4 rings (SSSR count). The van der Waals surface area contributed by atoms with Crippen molar-refractivity contribution in [2.45, 2.75) is 0 Å². The van der Waals surface area contributed by atoms with Crippen LogP contribution >= 0.6 is 11.6 Å². The van der Waals surface area contributed by atoms with Gasteiger partial charge in [0.05, 0.1) is 5.56 Å². The van der Waals surface area contributed by atoms with Gasteiger partial charge in [0.25, 0.3) is 5.91 Å². The van der Waals surface area contributed by atoms with Crippen molar-refractivity contribution in [3.05, 3.63) is 65.7 Å². The average Bonchev–Trinajstić information content (AvgIpc) is 2.76. The summed E-state index contributed by atoms with van der Waals surface area (Å²) in [6, 6.07) is 9.01. The number of piperazine rings is 1. The second-order valence-corrected chi connectivity index (χ2v) is 6.69. The Morgan fingerprint density at radius 2 is 1.57 bits per heavy atom. The van der Waals surface area contributed by atoms with E-state index < -0.39 is 0 Å². The molecule has 2 aromatic heterocycles. The molecule has 0 saturated carbocycles. The SMILES string of the molecule is O=C(c1cnc(Nc2ccc(Cl)cc2)nc1)N1CCN(c2ncccn2)CC1. The van der Waals surface area contributed by atoms with Gasteiger partial charge in [-0.05, 0) is 30.3 Å². The van der Waals surface area contributed by atoms with E-state index in [1.165, 1.54) is 0 Å². The quantitative estimate of drug-likeness (QED) is 0.726. The Bertz CT molecular complexity index is 927. The number of nitrogens with one attached hydrogen (secondary N) is 1. The van der Waals surface area contributed by atoms with Gasteiger partial charge in [-0.25, -0.2) is 19.9 Å². The monoisotopic (exact) mass is 395 g/mol. The molecule has 3 aromatic rings. The fraction of sp³-hybridized carbons (Fsp3) is 0.211. The largest absolute Gasteiger partial charge is 0.337 e. The van der Waals surface area contributed by atoms with Gasteiger partial charge >= 0.3 is 0 Å². The highest BCUT2D eigenvalue weighted by Crippen LogP contribution is 2.17. The number of hydrogen-bond donors (Lipinski definition) is 1. The van der Waals surface area contributed by atoms with E-state index in [1.807, 2.05) is 12.1 Å². The van der Waals surface area contributed by atoms with E-state index in [0.29, 0.717) is 48.7 Å². The molecule has 1 aliphatic heterocycles. The van der Waals surface area contributed by atoms with Gasteiger partial charge in [0.1, 0.15) is 0 Å². The van der Waals surface area contributed by atoms with Gasteiger partial charge in [-0.3, -0.25) is 4.79 Å². The number of aromatic nitrogens is 4. The van der Waals surface area contributed by atoms with Gasteiger partial charge in [-0.1, -0.05) is 11.6 Å². The van der Waals surface area contributed by atoms with Gasteiger partial charge in [-0.2, -0.15) is 0 Å². The van der Waals surface area contributed by atoms with Crippen LogP contribution in [0.2, 0.25) is 5.02 Å². The topological polar surface area (TPSA) is 87.1 Å². The summed E-state index contributed by atoms with van der Waals surface area (Å²) in [5, 5.41) is 3.73. The molecule has 8 nitrogen and oxygen atoms in total. The number of amides is 1. The number of carbonyl (C=O) groups excluding carboxylic acids is 1. The number of anilines is 3. The lowest BCUT2D eigenvalue weighted by Gasteiger charge is -2.34. The Balaban J connectivity index is 1.35. The molecule has 0 spiro atoms. The molecule has 0 atom stereocenters. The zero-order valence-electron chi connectivity index (χ0n) is 15.0. The summed E-state index contributed by atoms with van der Waals surface area (Å²) in [6.45, 7) is 2.57. The van der Waals surface area contributed by atoms with E-state index in [-0.39, 0.29) is 5.91 Å². The first-order valence-electron chi connectivity index (χ1n) is 8.85. The summed E-state index contributed by atoms with van der Waals surface area (Å²) in [5.74, 6) is 1.03. The number of rotatable bonds is 4. The maximum absolute atomic E-state index is 12.7. The highest BCUT2D eigenvalue weighted by atomic mass is 35.5. The fourth-order valence-electron chi connectivity index (χ4n) is 2.91. The van der Waals surface area contributed by atoms with Crippen LogP contribution < -0.4 is 10.2 Å². The second kappa shape index (κ2) is 8.18. The average molecular weight is 396 g/mol. The van der Waals surface area contributed by atoms with E-state index in [2.05, 4.69) is 30.2 Å². The van der Waals surface area contributed by atoms with E-state index in [1.54, 1.807) is 47.9 Å². The molecule has 28 heavy (non-hydrogen) atoms. The molecule has 3 heterocycles. The number of halogens is 1. The first-order valence-corrected chi connectivity index (χ1v) is 9.23. The normalized spacial score (nSPS) is 14.0. The van der Waals surface area contributed by atoms with Crippen LogP contribution in [-0.2, 0) is 0 Å². The van der Waals surface area contributed by atoms with Crippen molar-refractivity contribution in [1.82, 2.24) is 24.8 Å². The van der Waals surface area contributed by atoms with Gasteiger partial charge in [-0.15, -0.1) is 0 Å². The lowest BCUT2D eigenvalue weighted by atomic mass is 10.2. The Labute approximate surface area is 167 Å². The highest BCUT2D eigenvalue weighted by molar-refractivity contribution is 6.30. The van der Waals surface area contributed by atoms with Crippen LogP contribution in [0.4, 0.5) is 17.6 Å². The maximum Gasteiger partial charge on any atom is 0.257 e. The van der Waals surface area contributed by atoms with Gasteiger partial charge < -0.3 is 15.1 Å². The van der Waals surface area contributed by atoms with Crippen LogP contribution in [0.25, 0.3) is 0 Å². The lowest BCUT2D eigenvalue weighted by molar-refractivity contribution is 0.0745. The third-order valence-corrected chi connectivity index (χ3v) is 4.65. The van der Waals surface area contributed by atoms with Crippen LogP contribution in [0.15, 0.2) is 55.1 Å². The summed E-state index contributed by atoms with van der Waals surface area (Å²) in [6.07, 6.45) is 6.52. The van der Waals surface area contributed by atoms with Crippen LogP contribution in [0.3, 0.4) is 0 Å². The molecule has 1 saturated heterocycles. The van der Waals surface area contributed by atoms with E-state index >= 15 is 0 Å². The molecule has 142 valence electrons. The minimum absolute atomic E-state index is 0.0772. The van der Waals surface area contributed by atoms with Crippen molar-refractivity contribution >= 4 is 35.1 Å². The van der Waals surface area contributed by atoms with Crippen molar-refractivity contribution < 1.29 is 4.79 Å². The Kier molecular flexibility index (Phi) is 5.29. The van der Waals surface area contributed by atoms with Crippen molar-refractivity contribution in [1.29, 1.82) is 0 Å². The van der Waals surface area contributed by atoms with Crippen LogP contribution in [0.1, 0.15) is 10.4 Å². The zero-order chi connectivity index (χ0) is 19.3. The molecule has 0 unspecified atom stereocenters. The first-order chi connectivity index (χ1) is 13.7. The summed E-state index contributed by atoms with van der Waals surface area (Å²) in [7, 11) is 0. The summed E-state index contributed by atoms with van der Waals surface area (Å²) in [4.78, 5) is 33.6. The molecular weight excluding hydrogens is 378 g/mol. The molecule has 1 aromatic carbocycles. The number of carbonyl (C=O) groups is 1. The minimum atomic E-state index is -0.0772. The van der Waals surface area contributed by atoms with Crippen molar-refractivity contribution in [2.24, 2.45) is 0 Å². The Hall–Kier alpha value is -3.26. The second-order valence-electron chi connectivity index (χ2n) is 6.26. The maximum atomic E-state index is 12.7. The lowest BCUT2D eigenvalue weighted by Crippen LogP contribution is -2.49. The summed E-state index contributed by atoms with van der Waals surface area (Å²) < 4.78 is 0. The molecule has 0 aliphatic carbocycles. The highest BCUT2D eigenvalue weighted by Gasteiger charge is 2.23. The van der Waals surface area contributed by atoms with E-state index in [4.69, 9.17) is 11.6 Å². The van der Waals surface area contributed by atoms with Crippen LogP contribution in [0, 0.1) is 0 Å². The molecule has 1 amide bonds. The third kappa shape index (κ3) is 4.17. The van der Waals surface area contributed by atoms with Crippen molar-refractivity contribution in [2.75, 3.05) is 36.4 Å². The summed E-state index contributed by atoms with van der Waals surface area (Å²) >= 11 is 5.88. The standard InChI is InChI=1S/C19H18ClN7O/c20-15-2-4-16(5-3-15)25-18-23-12-14(13-24-18)17(28)26-8-10-27(11-9-26)19-21-6-1-7-22-19/h1-7,12-13H,8-11H2,(H,23,24,25). The molecule has 9 heteroatoms. The molecular formula is C19H18ClN7O.